The van der Waals surface area contributed by atoms with Crippen molar-refractivity contribution in [1.82, 2.24) is 4.98 Å². The van der Waals surface area contributed by atoms with Crippen LogP contribution in [0.4, 0.5) is 0 Å². The van der Waals surface area contributed by atoms with Gasteiger partial charge in [-0.25, -0.2) is 0 Å². The smallest absolute Gasteiger partial charge is 0.306 e. The van der Waals surface area contributed by atoms with Gasteiger partial charge in [0.25, 0.3) is 0 Å². The van der Waals surface area contributed by atoms with Crippen LogP contribution in [-0.4, -0.2) is 18.1 Å². The van der Waals surface area contributed by atoms with Crippen molar-refractivity contribution in [1.29, 1.82) is 0 Å². The second-order valence-electron chi connectivity index (χ2n) is 4.78. The minimum atomic E-state index is -0.188. The Morgan fingerprint density at radius 3 is 2.47 bits per heavy atom. The average Bonchev–Trinajstić information content (AvgIpc) is 2.75. The van der Waals surface area contributed by atoms with Crippen LogP contribution in [0.2, 0.25) is 0 Å². The summed E-state index contributed by atoms with van der Waals surface area (Å²) in [5.41, 5.74) is 4.51. The molecule has 0 aliphatic rings. The maximum absolute atomic E-state index is 11.7. The lowest BCUT2D eigenvalue weighted by Crippen LogP contribution is -2.10. The Labute approximate surface area is 113 Å². The number of esters is 1. The van der Waals surface area contributed by atoms with E-state index in [1.165, 1.54) is 7.11 Å². The van der Waals surface area contributed by atoms with E-state index in [4.69, 9.17) is 4.74 Å². The summed E-state index contributed by atoms with van der Waals surface area (Å²) in [4.78, 5) is 15.0. The molecular weight excluding hydrogens is 238 g/mol. The number of nitrogens with one attached hydrogen (secondary N) is 1. The molecule has 3 heteroatoms. The predicted molar refractivity (Wildman–Crippen MR) is 75.2 cm³/mol. The standard InChI is InChI=1S/C16H19NO2/c1-11-9-14(12(2)17-11)15(10-16(18)19-3)13-7-5-4-6-8-13/h4-9,15,17H,10H2,1-3H3/t15-/m1/s1. The van der Waals surface area contributed by atoms with Crippen LogP contribution >= 0.6 is 0 Å². The van der Waals surface area contributed by atoms with Gasteiger partial charge in [0.15, 0.2) is 0 Å². The minimum absolute atomic E-state index is 0.0404. The van der Waals surface area contributed by atoms with Crippen LogP contribution in [0.25, 0.3) is 0 Å². The minimum Gasteiger partial charge on any atom is -0.469 e. The van der Waals surface area contributed by atoms with Gasteiger partial charge < -0.3 is 9.72 Å². The molecule has 0 saturated heterocycles. The van der Waals surface area contributed by atoms with Crippen LogP contribution in [0.15, 0.2) is 36.4 Å². The fourth-order valence-corrected chi connectivity index (χ4v) is 2.45. The van der Waals surface area contributed by atoms with E-state index in [1.54, 1.807) is 0 Å². The van der Waals surface area contributed by atoms with Crippen molar-refractivity contribution in [2.24, 2.45) is 0 Å². The quantitative estimate of drug-likeness (QED) is 0.854. The highest BCUT2D eigenvalue weighted by Crippen LogP contribution is 2.31. The lowest BCUT2D eigenvalue weighted by Gasteiger charge is -2.16. The van der Waals surface area contributed by atoms with Crippen molar-refractivity contribution in [3.63, 3.8) is 0 Å². The Kier molecular flexibility index (Phi) is 4.05. The number of aromatic amines is 1. The number of rotatable bonds is 4. The first kappa shape index (κ1) is 13.4. The number of hydrogen-bond acceptors (Lipinski definition) is 2. The number of carbonyl (C=O) groups excluding carboxylic acids is 1. The highest BCUT2D eigenvalue weighted by Gasteiger charge is 2.21. The summed E-state index contributed by atoms with van der Waals surface area (Å²) in [7, 11) is 1.43. The molecule has 0 spiro atoms. The van der Waals surface area contributed by atoms with Gasteiger partial charge in [-0.3, -0.25) is 4.79 Å². The zero-order valence-corrected chi connectivity index (χ0v) is 11.6. The van der Waals surface area contributed by atoms with E-state index < -0.39 is 0 Å². The number of benzene rings is 1. The van der Waals surface area contributed by atoms with Crippen molar-refractivity contribution >= 4 is 5.97 Å². The average molecular weight is 257 g/mol. The van der Waals surface area contributed by atoms with E-state index >= 15 is 0 Å². The molecule has 2 aromatic rings. The molecule has 1 atom stereocenters. The van der Waals surface area contributed by atoms with E-state index in [0.29, 0.717) is 6.42 Å². The third-order valence-corrected chi connectivity index (χ3v) is 3.37. The Morgan fingerprint density at radius 2 is 1.95 bits per heavy atom. The van der Waals surface area contributed by atoms with Crippen LogP contribution in [0.1, 0.15) is 34.9 Å². The molecule has 100 valence electrons. The van der Waals surface area contributed by atoms with Crippen LogP contribution < -0.4 is 0 Å². The summed E-state index contributed by atoms with van der Waals surface area (Å²) in [6.07, 6.45) is 0.360. The summed E-state index contributed by atoms with van der Waals surface area (Å²) >= 11 is 0. The van der Waals surface area contributed by atoms with Gasteiger partial charge in [-0.15, -0.1) is 0 Å². The summed E-state index contributed by atoms with van der Waals surface area (Å²) in [6.45, 7) is 4.06. The number of aromatic nitrogens is 1. The molecule has 19 heavy (non-hydrogen) atoms. The van der Waals surface area contributed by atoms with Crippen molar-refractivity contribution in [3.05, 3.63) is 58.9 Å². The van der Waals surface area contributed by atoms with E-state index in [0.717, 1.165) is 22.5 Å². The molecule has 0 aliphatic carbocycles. The molecule has 2 rings (SSSR count). The molecular formula is C16H19NO2. The summed E-state index contributed by atoms with van der Waals surface area (Å²) in [5, 5.41) is 0. The number of aryl methyl sites for hydroxylation is 2. The maximum atomic E-state index is 11.7. The molecule has 3 nitrogen and oxygen atoms in total. The van der Waals surface area contributed by atoms with Crippen LogP contribution in [0.5, 0.6) is 0 Å². The molecule has 0 bridgehead atoms. The van der Waals surface area contributed by atoms with Crippen LogP contribution in [0.3, 0.4) is 0 Å². The first-order valence-electron chi connectivity index (χ1n) is 6.39. The molecule has 1 N–H and O–H groups in total. The van der Waals surface area contributed by atoms with E-state index in [2.05, 4.69) is 23.2 Å². The van der Waals surface area contributed by atoms with Crippen molar-refractivity contribution in [2.75, 3.05) is 7.11 Å². The first-order valence-corrected chi connectivity index (χ1v) is 6.39. The first-order chi connectivity index (χ1) is 9.11. The predicted octanol–water partition coefficient (Wildman–Crippen LogP) is 3.33. The second kappa shape index (κ2) is 5.74. The topological polar surface area (TPSA) is 42.1 Å². The molecule has 0 saturated carbocycles. The van der Waals surface area contributed by atoms with Gasteiger partial charge >= 0.3 is 5.97 Å². The highest BCUT2D eigenvalue weighted by molar-refractivity contribution is 5.71. The normalized spacial score (nSPS) is 12.2. The van der Waals surface area contributed by atoms with E-state index in [-0.39, 0.29) is 11.9 Å². The largest absolute Gasteiger partial charge is 0.469 e. The third kappa shape index (κ3) is 3.05. The molecule has 0 radical (unpaired) electrons. The Balaban J connectivity index is 2.40. The Hall–Kier alpha value is -2.03. The molecule has 0 unspecified atom stereocenters. The second-order valence-corrected chi connectivity index (χ2v) is 4.78. The number of ether oxygens (including phenoxy) is 1. The summed E-state index contributed by atoms with van der Waals surface area (Å²) in [5.74, 6) is -0.147. The number of methoxy groups -OCH3 is 1. The SMILES string of the molecule is COC(=O)C[C@H](c1ccccc1)c1cc(C)[nH]c1C. The van der Waals surface area contributed by atoms with Gasteiger partial charge in [-0.05, 0) is 31.0 Å². The van der Waals surface area contributed by atoms with Gasteiger partial charge in [-0.2, -0.15) is 0 Å². The van der Waals surface area contributed by atoms with Crippen molar-refractivity contribution in [2.45, 2.75) is 26.2 Å². The molecule has 1 aromatic carbocycles. The number of hydrogen-bond donors (Lipinski definition) is 1. The summed E-state index contributed by atoms with van der Waals surface area (Å²) in [6, 6.07) is 12.2. The number of carbonyl (C=O) groups is 1. The van der Waals surface area contributed by atoms with Gasteiger partial charge in [0.05, 0.1) is 13.5 Å². The third-order valence-electron chi connectivity index (χ3n) is 3.37. The molecule has 0 aliphatic heterocycles. The number of H-pyrrole nitrogens is 1. The van der Waals surface area contributed by atoms with Crippen molar-refractivity contribution in [3.8, 4) is 0 Å². The molecule has 1 heterocycles. The van der Waals surface area contributed by atoms with E-state index in [9.17, 15) is 4.79 Å². The molecule has 0 amide bonds. The highest BCUT2D eigenvalue weighted by atomic mass is 16.5. The van der Waals surface area contributed by atoms with Gasteiger partial charge in [0, 0.05) is 17.3 Å². The lowest BCUT2D eigenvalue weighted by molar-refractivity contribution is -0.140. The van der Waals surface area contributed by atoms with E-state index in [1.807, 2.05) is 32.0 Å². The molecule has 0 fully saturated rings. The maximum Gasteiger partial charge on any atom is 0.306 e. The van der Waals surface area contributed by atoms with Gasteiger partial charge in [0.1, 0.15) is 0 Å². The monoisotopic (exact) mass is 257 g/mol. The van der Waals surface area contributed by atoms with Crippen molar-refractivity contribution < 1.29 is 9.53 Å². The fraction of sp³-hybridized carbons (Fsp3) is 0.312. The Morgan fingerprint density at radius 1 is 1.26 bits per heavy atom. The Bertz CT molecular complexity index is 557. The van der Waals surface area contributed by atoms with Gasteiger partial charge in [-0.1, -0.05) is 30.3 Å². The molecule has 1 aromatic heterocycles. The lowest BCUT2D eigenvalue weighted by atomic mass is 9.88. The zero-order valence-electron chi connectivity index (χ0n) is 11.6. The van der Waals surface area contributed by atoms with Gasteiger partial charge in [0.2, 0.25) is 0 Å². The zero-order chi connectivity index (χ0) is 13.8. The summed E-state index contributed by atoms with van der Waals surface area (Å²) < 4.78 is 4.82. The van der Waals surface area contributed by atoms with Crippen LogP contribution in [0, 0.1) is 13.8 Å². The fourth-order valence-electron chi connectivity index (χ4n) is 2.45. The van der Waals surface area contributed by atoms with Crippen LogP contribution in [-0.2, 0) is 9.53 Å².